The minimum Gasteiger partial charge on any atom is -0.330 e. The molecule has 1 aliphatic carbocycles. The number of rotatable bonds is 1. The average molecular weight is 140 g/mol. The van der Waals surface area contributed by atoms with E-state index in [4.69, 9.17) is 28.9 Å². The van der Waals surface area contributed by atoms with Gasteiger partial charge >= 0.3 is 0 Å². The van der Waals surface area contributed by atoms with Gasteiger partial charge in [0.05, 0.1) is 10.8 Å². The Morgan fingerprint density at radius 2 is 1.71 bits per heavy atom. The fourth-order valence-corrected chi connectivity index (χ4v) is 1.35. The van der Waals surface area contributed by atoms with E-state index in [1.54, 1.807) is 0 Å². The first-order valence-electron chi connectivity index (χ1n) is 2.25. The van der Waals surface area contributed by atoms with Crippen molar-refractivity contribution < 1.29 is 0 Å². The zero-order chi connectivity index (χ0) is 5.44. The Labute approximate surface area is 52.8 Å². The summed E-state index contributed by atoms with van der Waals surface area (Å²) in [6, 6.07) is 0. The summed E-state index contributed by atoms with van der Waals surface area (Å²) >= 11 is 11.2. The average Bonchev–Trinajstić information content (AvgIpc) is 2.17. The number of nitrogens with two attached hydrogens (primary N) is 1. The molecule has 1 aliphatic rings. The molecule has 1 fully saturated rings. The highest BCUT2D eigenvalue weighted by molar-refractivity contribution is 6.34. The largest absolute Gasteiger partial charge is 0.330 e. The van der Waals surface area contributed by atoms with Crippen LogP contribution in [-0.4, -0.2) is 17.3 Å². The first kappa shape index (κ1) is 5.67. The number of hydrogen-bond acceptors (Lipinski definition) is 1. The Bertz CT molecular complexity index is 68.1. The summed E-state index contributed by atoms with van der Waals surface area (Å²) < 4.78 is 0. The summed E-state index contributed by atoms with van der Waals surface area (Å²) in [5.41, 5.74) is 5.25. The van der Waals surface area contributed by atoms with Crippen LogP contribution in [0.5, 0.6) is 0 Å². The summed E-state index contributed by atoms with van der Waals surface area (Å²) in [6.45, 7) is 0.627. The fourth-order valence-electron chi connectivity index (χ4n) is 0.553. The first-order valence-corrected chi connectivity index (χ1v) is 3.13. The zero-order valence-corrected chi connectivity index (χ0v) is 5.28. The Balaban J connectivity index is 2.24. The molecule has 0 spiro atoms. The molecule has 0 aromatic rings. The third-order valence-corrected chi connectivity index (χ3v) is 2.57. The van der Waals surface area contributed by atoms with Crippen molar-refractivity contribution in [2.75, 3.05) is 6.54 Å². The van der Waals surface area contributed by atoms with E-state index in [0.29, 0.717) is 12.5 Å². The summed E-state index contributed by atoms with van der Waals surface area (Å²) in [5.74, 6) is 0.378. The second-order valence-corrected chi connectivity index (χ2v) is 2.80. The molecule has 0 radical (unpaired) electrons. The molecular weight excluding hydrogens is 133 g/mol. The van der Waals surface area contributed by atoms with Crippen LogP contribution in [0.25, 0.3) is 0 Å². The van der Waals surface area contributed by atoms with Crippen molar-refractivity contribution in [3.8, 4) is 0 Å². The van der Waals surface area contributed by atoms with Gasteiger partial charge in [0.25, 0.3) is 0 Å². The van der Waals surface area contributed by atoms with Gasteiger partial charge in [-0.3, -0.25) is 0 Å². The van der Waals surface area contributed by atoms with Crippen molar-refractivity contribution >= 4 is 23.2 Å². The Morgan fingerprint density at radius 3 is 1.71 bits per heavy atom. The summed E-state index contributed by atoms with van der Waals surface area (Å²) in [5, 5.41) is 0.290. The number of hydrogen-bond donors (Lipinski definition) is 1. The van der Waals surface area contributed by atoms with E-state index in [-0.39, 0.29) is 10.8 Å². The van der Waals surface area contributed by atoms with Crippen LogP contribution in [0.1, 0.15) is 0 Å². The van der Waals surface area contributed by atoms with E-state index >= 15 is 0 Å². The molecule has 7 heavy (non-hydrogen) atoms. The molecule has 2 atom stereocenters. The smallest absolute Gasteiger partial charge is 0.0558 e. The van der Waals surface area contributed by atoms with Crippen molar-refractivity contribution in [1.82, 2.24) is 0 Å². The van der Waals surface area contributed by atoms with E-state index in [2.05, 4.69) is 0 Å². The molecule has 0 aromatic carbocycles. The van der Waals surface area contributed by atoms with Crippen LogP contribution < -0.4 is 5.73 Å². The van der Waals surface area contributed by atoms with E-state index < -0.39 is 0 Å². The molecule has 0 bridgehead atoms. The third kappa shape index (κ3) is 0.857. The lowest BCUT2D eigenvalue weighted by atomic mass is 10.4. The predicted octanol–water partition coefficient (Wildman–Crippen LogP) is 0.790. The Morgan fingerprint density at radius 1 is 1.29 bits per heavy atom. The molecule has 2 N–H and O–H groups in total. The van der Waals surface area contributed by atoms with Gasteiger partial charge in [-0.2, -0.15) is 0 Å². The van der Waals surface area contributed by atoms with Crippen molar-refractivity contribution in [2.24, 2.45) is 11.7 Å². The first-order chi connectivity index (χ1) is 3.27. The zero-order valence-electron chi connectivity index (χ0n) is 3.77. The highest BCUT2D eigenvalue weighted by Gasteiger charge is 2.46. The Hall–Kier alpha value is 0.540. The maximum Gasteiger partial charge on any atom is 0.0558 e. The van der Waals surface area contributed by atoms with E-state index in [9.17, 15) is 0 Å². The van der Waals surface area contributed by atoms with Crippen LogP contribution in [0.2, 0.25) is 0 Å². The van der Waals surface area contributed by atoms with Gasteiger partial charge in [-0.05, 0) is 6.54 Å². The van der Waals surface area contributed by atoms with Gasteiger partial charge in [-0.1, -0.05) is 0 Å². The van der Waals surface area contributed by atoms with Crippen molar-refractivity contribution in [2.45, 2.75) is 10.8 Å². The van der Waals surface area contributed by atoms with Crippen LogP contribution in [0.3, 0.4) is 0 Å². The molecule has 1 rings (SSSR count). The van der Waals surface area contributed by atoms with E-state index in [1.807, 2.05) is 0 Å². The molecule has 1 saturated carbocycles. The predicted molar refractivity (Wildman–Crippen MR) is 31.8 cm³/mol. The van der Waals surface area contributed by atoms with Crippen molar-refractivity contribution in [1.29, 1.82) is 0 Å². The van der Waals surface area contributed by atoms with E-state index in [1.165, 1.54) is 0 Å². The third-order valence-electron chi connectivity index (χ3n) is 1.25. The van der Waals surface area contributed by atoms with Gasteiger partial charge in [0.2, 0.25) is 0 Å². The standard InChI is InChI=1S/C4H7Cl2N/c5-3-2(1-7)4(3)6/h2-4H,1,7H2. The molecule has 0 aromatic heterocycles. The van der Waals surface area contributed by atoms with Crippen LogP contribution in [-0.2, 0) is 0 Å². The second-order valence-electron chi connectivity index (χ2n) is 1.79. The maximum atomic E-state index is 5.59. The summed E-state index contributed by atoms with van der Waals surface area (Å²) in [4.78, 5) is 0. The van der Waals surface area contributed by atoms with Gasteiger partial charge in [0, 0.05) is 5.92 Å². The van der Waals surface area contributed by atoms with E-state index in [0.717, 1.165) is 0 Å². The molecule has 1 nitrogen and oxygen atoms in total. The molecular formula is C4H7Cl2N. The summed E-state index contributed by atoms with van der Waals surface area (Å²) in [7, 11) is 0. The minimum absolute atomic E-state index is 0.145. The highest BCUT2D eigenvalue weighted by Crippen LogP contribution is 2.40. The topological polar surface area (TPSA) is 26.0 Å². The summed E-state index contributed by atoms with van der Waals surface area (Å²) in [6.07, 6.45) is 0. The SMILES string of the molecule is NCC1C(Cl)C1Cl. The lowest BCUT2D eigenvalue weighted by Gasteiger charge is -1.79. The maximum absolute atomic E-state index is 5.59. The van der Waals surface area contributed by atoms with Gasteiger partial charge in [0.15, 0.2) is 0 Å². The number of alkyl halides is 2. The van der Waals surface area contributed by atoms with Crippen LogP contribution in [0.4, 0.5) is 0 Å². The molecule has 0 amide bonds. The molecule has 0 aliphatic heterocycles. The molecule has 3 heteroatoms. The lowest BCUT2D eigenvalue weighted by molar-refractivity contribution is 0.851. The fraction of sp³-hybridized carbons (Fsp3) is 1.00. The van der Waals surface area contributed by atoms with Crippen LogP contribution in [0, 0.1) is 5.92 Å². The highest BCUT2D eigenvalue weighted by atomic mass is 35.5. The van der Waals surface area contributed by atoms with Crippen LogP contribution >= 0.6 is 23.2 Å². The molecule has 0 saturated heterocycles. The van der Waals surface area contributed by atoms with Gasteiger partial charge < -0.3 is 5.73 Å². The second kappa shape index (κ2) is 1.81. The lowest BCUT2D eigenvalue weighted by Crippen LogP contribution is -2.02. The quantitative estimate of drug-likeness (QED) is 0.535. The monoisotopic (exact) mass is 139 g/mol. The minimum atomic E-state index is 0.145. The normalized spacial score (nSPS) is 49.3. The number of halogens is 2. The molecule has 2 unspecified atom stereocenters. The molecule has 42 valence electrons. The van der Waals surface area contributed by atoms with Crippen LogP contribution in [0.15, 0.2) is 0 Å². The van der Waals surface area contributed by atoms with Gasteiger partial charge in [0.1, 0.15) is 0 Å². The van der Waals surface area contributed by atoms with Crippen molar-refractivity contribution in [3.05, 3.63) is 0 Å². The van der Waals surface area contributed by atoms with Gasteiger partial charge in [-0.15, -0.1) is 23.2 Å². The molecule has 0 heterocycles. The Kier molecular flexibility index (Phi) is 1.46. The van der Waals surface area contributed by atoms with Crippen molar-refractivity contribution in [3.63, 3.8) is 0 Å². The van der Waals surface area contributed by atoms with Gasteiger partial charge in [-0.25, -0.2) is 0 Å².